The van der Waals surface area contributed by atoms with Gasteiger partial charge in [-0.25, -0.2) is 4.79 Å². The highest BCUT2D eigenvalue weighted by molar-refractivity contribution is 5.86. The molecule has 3 N–H and O–H groups in total. The maximum Gasteiger partial charge on any atom is 0.407 e. The third-order valence-electron chi connectivity index (χ3n) is 7.22. The lowest BCUT2D eigenvalue weighted by Gasteiger charge is -2.26. The Bertz CT molecular complexity index is 1110. The van der Waals surface area contributed by atoms with Crippen molar-refractivity contribution in [2.24, 2.45) is 11.8 Å². The van der Waals surface area contributed by atoms with Gasteiger partial charge in [0, 0.05) is 12.0 Å². The minimum atomic E-state index is -0.861. The van der Waals surface area contributed by atoms with Crippen LogP contribution in [0.1, 0.15) is 49.1 Å². The number of nitrogens with one attached hydrogen (secondary N) is 2. The zero-order chi connectivity index (χ0) is 24.4. The van der Waals surface area contributed by atoms with Crippen molar-refractivity contribution in [3.8, 4) is 11.1 Å². The van der Waals surface area contributed by atoms with Crippen LogP contribution in [0, 0.1) is 11.8 Å². The first kappa shape index (κ1) is 23.1. The Kier molecular flexibility index (Phi) is 6.57. The van der Waals surface area contributed by atoms with Crippen LogP contribution in [0.5, 0.6) is 0 Å². The number of allylic oxidation sites excluding steroid dienone is 1. The van der Waals surface area contributed by atoms with E-state index in [4.69, 9.17) is 4.74 Å². The van der Waals surface area contributed by atoms with Gasteiger partial charge in [0.2, 0.25) is 5.91 Å². The number of alkyl carbamates (subject to hydrolysis) is 1. The molecule has 7 nitrogen and oxygen atoms in total. The van der Waals surface area contributed by atoms with Crippen molar-refractivity contribution in [3.05, 3.63) is 71.8 Å². The van der Waals surface area contributed by atoms with Gasteiger partial charge in [0.05, 0.1) is 5.92 Å². The summed E-state index contributed by atoms with van der Waals surface area (Å²) in [6.07, 6.45) is 6.45. The Morgan fingerprint density at radius 3 is 2.29 bits per heavy atom. The number of carboxylic acids is 1. The summed E-state index contributed by atoms with van der Waals surface area (Å²) < 4.78 is 5.64. The monoisotopic (exact) mass is 474 g/mol. The van der Waals surface area contributed by atoms with Gasteiger partial charge in [0.25, 0.3) is 0 Å². The predicted molar refractivity (Wildman–Crippen MR) is 131 cm³/mol. The molecular weight excluding hydrogens is 444 g/mol. The molecule has 1 saturated carbocycles. The minimum absolute atomic E-state index is 0.0517. The van der Waals surface area contributed by atoms with Crippen LogP contribution in [0.25, 0.3) is 11.1 Å². The van der Waals surface area contributed by atoms with Crippen LogP contribution in [0.2, 0.25) is 0 Å². The van der Waals surface area contributed by atoms with E-state index in [1.807, 2.05) is 30.3 Å². The number of aliphatic carboxylic acids is 1. The molecule has 182 valence electrons. The molecule has 0 radical (unpaired) electrons. The maximum atomic E-state index is 13.0. The molecule has 0 spiro atoms. The molecular formula is C28H30N2O5. The molecule has 0 heterocycles. The van der Waals surface area contributed by atoms with E-state index in [-0.39, 0.29) is 24.5 Å². The molecule has 3 atom stereocenters. The molecule has 0 bridgehead atoms. The van der Waals surface area contributed by atoms with E-state index in [0.717, 1.165) is 35.1 Å². The maximum absolute atomic E-state index is 13.0. The van der Waals surface area contributed by atoms with Crippen molar-refractivity contribution in [1.29, 1.82) is 0 Å². The van der Waals surface area contributed by atoms with E-state index in [9.17, 15) is 19.5 Å². The van der Waals surface area contributed by atoms with Crippen LogP contribution in [0.15, 0.2) is 60.7 Å². The second-order valence-corrected chi connectivity index (χ2v) is 9.75. The topological polar surface area (TPSA) is 105 Å². The number of amides is 2. The normalized spacial score (nSPS) is 21.5. The number of ether oxygens (including phenoxy) is 1. The van der Waals surface area contributed by atoms with Crippen LogP contribution in [0.4, 0.5) is 4.79 Å². The number of hydrogen-bond acceptors (Lipinski definition) is 4. The Balaban J connectivity index is 1.21. The van der Waals surface area contributed by atoms with Crippen molar-refractivity contribution in [2.75, 3.05) is 6.61 Å². The molecule has 2 unspecified atom stereocenters. The summed E-state index contributed by atoms with van der Waals surface area (Å²) >= 11 is 0. The van der Waals surface area contributed by atoms with Crippen molar-refractivity contribution in [2.45, 2.75) is 50.1 Å². The smallest absolute Gasteiger partial charge is 0.407 e. The number of fused-ring (bicyclic) bond motifs is 3. The van der Waals surface area contributed by atoms with Crippen LogP contribution in [-0.2, 0) is 14.3 Å². The fourth-order valence-corrected chi connectivity index (χ4v) is 5.18. The predicted octanol–water partition coefficient (Wildman–Crippen LogP) is 4.23. The van der Waals surface area contributed by atoms with Crippen molar-refractivity contribution in [1.82, 2.24) is 10.6 Å². The summed E-state index contributed by atoms with van der Waals surface area (Å²) in [7, 11) is 0. The average Bonchev–Trinajstić information content (AvgIpc) is 3.63. The largest absolute Gasteiger partial charge is 0.481 e. The third kappa shape index (κ3) is 5.24. The van der Waals surface area contributed by atoms with E-state index in [0.29, 0.717) is 25.2 Å². The average molecular weight is 475 g/mol. The van der Waals surface area contributed by atoms with Crippen molar-refractivity contribution < 1.29 is 24.2 Å². The molecule has 2 aromatic carbocycles. The lowest BCUT2D eigenvalue weighted by molar-refractivity contribution is -0.142. The number of rotatable bonds is 8. The van der Waals surface area contributed by atoms with E-state index >= 15 is 0 Å². The molecule has 3 aliphatic carbocycles. The van der Waals surface area contributed by atoms with Crippen molar-refractivity contribution in [3.63, 3.8) is 0 Å². The van der Waals surface area contributed by atoms with Crippen LogP contribution in [0.3, 0.4) is 0 Å². The second-order valence-electron chi connectivity index (χ2n) is 9.75. The van der Waals surface area contributed by atoms with Crippen LogP contribution >= 0.6 is 0 Å². The highest BCUT2D eigenvalue weighted by atomic mass is 16.5. The summed E-state index contributed by atoms with van der Waals surface area (Å²) in [4.78, 5) is 37.1. The zero-order valence-corrected chi connectivity index (χ0v) is 19.5. The highest BCUT2D eigenvalue weighted by Crippen LogP contribution is 2.44. The molecule has 0 aliphatic heterocycles. The molecule has 3 aliphatic rings. The first-order chi connectivity index (χ1) is 17.0. The van der Waals surface area contributed by atoms with Gasteiger partial charge < -0.3 is 20.5 Å². The van der Waals surface area contributed by atoms with E-state index in [1.165, 1.54) is 0 Å². The molecule has 7 heteroatoms. The van der Waals surface area contributed by atoms with Gasteiger partial charge in [0.1, 0.15) is 12.6 Å². The lowest BCUT2D eigenvalue weighted by atomic mass is 9.91. The van der Waals surface area contributed by atoms with Gasteiger partial charge >= 0.3 is 12.1 Å². The van der Waals surface area contributed by atoms with Gasteiger partial charge in [-0.15, -0.1) is 0 Å². The number of benzene rings is 2. The molecule has 35 heavy (non-hydrogen) atoms. The Morgan fingerprint density at radius 2 is 1.66 bits per heavy atom. The molecule has 0 aromatic heterocycles. The standard InChI is InChI=1S/C28H30N2O5/c31-26(29-19-7-5-6-18(15-19)27(32)33)25(14-17-12-13-17)30-28(34)35-16-24-22-10-3-1-8-20(22)21-9-2-4-11-23(21)24/h1-5,7-11,17-19,24-25H,6,12-16H2,(H,29,31)(H,30,34)(H,32,33)/t18?,19?,25-/m0/s1. The van der Waals surface area contributed by atoms with Gasteiger partial charge in [-0.05, 0) is 47.4 Å². The second kappa shape index (κ2) is 9.94. The molecule has 2 aromatic rings. The van der Waals surface area contributed by atoms with Gasteiger partial charge in [0.15, 0.2) is 0 Å². The van der Waals surface area contributed by atoms with E-state index in [1.54, 1.807) is 6.08 Å². The van der Waals surface area contributed by atoms with E-state index < -0.39 is 24.0 Å². The molecule has 5 rings (SSSR count). The highest BCUT2D eigenvalue weighted by Gasteiger charge is 2.34. The Labute approximate surface area is 204 Å². The number of carbonyl (C=O) groups excluding carboxylic acids is 2. The summed E-state index contributed by atoms with van der Waals surface area (Å²) in [6, 6.07) is 15.2. The summed E-state index contributed by atoms with van der Waals surface area (Å²) in [5.41, 5.74) is 4.57. The van der Waals surface area contributed by atoms with Gasteiger partial charge in [-0.1, -0.05) is 73.5 Å². The molecule has 2 amide bonds. The SMILES string of the molecule is O=C(N[C@@H](CC1CC1)C(=O)NC1C=CCC(C(=O)O)C1)OCC1c2ccccc2-c2ccccc21. The molecule has 1 fully saturated rings. The summed E-state index contributed by atoms with van der Waals surface area (Å²) in [5, 5.41) is 15.0. The number of carbonyl (C=O) groups is 3. The first-order valence-electron chi connectivity index (χ1n) is 12.3. The van der Waals surface area contributed by atoms with E-state index in [2.05, 4.69) is 34.9 Å². The van der Waals surface area contributed by atoms with Gasteiger partial charge in [-0.2, -0.15) is 0 Å². The quantitative estimate of drug-likeness (QED) is 0.497. The Hall–Kier alpha value is -3.61. The minimum Gasteiger partial charge on any atom is -0.481 e. The summed E-state index contributed by atoms with van der Waals surface area (Å²) in [6.45, 7) is 0.184. The third-order valence-corrected chi connectivity index (χ3v) is 7.22. The molecule has 0 saturated heterocycles. The number of carboxylic acid groups (broad SMARTS) is 1. The first-order valence-corrected chi connectivity index (χ1v) is 12.3. The number of hydrogen-bond donors (Lipinski definition) is 3. The van der Waals surface area contributed by atoms with Crippen LogP contribution < -0.4 is 10.6 Å². The lowest BCUT2D eigenvalue weighted by Crippen LogP contribution is -2.50. The van der Waals surface area contributed by atoms with Crippen LogP contribution in [-0.4, -0.2) is 41.8 Å². The fourth-order valence-electron chi connectivity index (χ4n) is 5.18. The van der Waals surface area contributed by atoms with Gasteiger partial charge in [-0.3, -0.25) is 9.59 Å². The Morgan fingerprint density at radius 1 is 1.00 bits per heavy atom. The van der Waals surface area contributed by atoms with Crippen molar-refractivity contribution >= 4 is 18.0 Å². The summed E-state index contributed by atoms with van der Waals surface area (Å²) in [5.74, 6) is -1.31. The fraction of sp³-hybridized carbons (Fsp3) is 0.393. The zero-order valence-electron chi connectivity index (χ0n) is 19.5.